The molecule has 4 heteroatoms. The minimum Gasteiger partial charge on any atom is -0.490 e. The number of hydrogen-bond acceptors (Lipinski definition) is 4. The zero-order chi connectivity index (χ0) is 13.1. The normalized spacial score (nSPS) is 19.0. The largest absolute Gasteiger partial charge is 0.490 e. The summed E-state index contributed by atoms with van der Waals surface area (Å²) in [5.74, 6) is 2.00. The summed E-state index contributed by atoms with van der Waals surface area (Å²) in [4.78, 5) is 6.59. The van der Waals surface area contributed by atoms with E-state index in [0.29, 0.717) is 6.10 Å². The van der Waals surface area contributed by atoms with Crippen LogP contribution in [-0.4, -0.2) is 37.1 Å². The molecule has 0 amide bonds. The molecule has 19 heavy (non-hydrogen) atoms. The highest BCUT2D eigenvalue weighted by Gasteiger charge is 2.20. The lowest BCUT2D eigenvalue weighted by Crippen LogP contribution is -2.35. The summed E-state index contributed by atoms with van der Waals surface area (Å²) < 4.78 is 6.03. The third kappa shape index (κ3) is 2.83. The number of likely N-dealkylation sites (N-methyl/N-ethyl adjacent to an activating group) is 1. The number of aliphatic imine (C=N–C) groups is 1. The Morgan fingerprint density at radius 3 is 2.89 bits per heavy atom. The molecule has 1 aliphatic carbocycles. The number of guanidine groups is 1. The van der Waals surface area contributed by atoms with E-state index in [2.05, 4.69) is 40.5 Å². The van der Waals surface area contributed by atoms with Gasteiger partial charge in [0.15, 0.2) is 5.96 Å². The van der Waals surface area contributed by atoms with Gasteiger partial charge >= 0.3 is 0 Å². The summed E-state index contributed by atoms with van der Waals surface area (Å²) in [6.07, 6.45) is 4.11. The summed E-state index contributed by atoms with van der Waals surface area (Å²) in [6.45, 7) is 2.66. The van der Waals surface area contributed by atoms with E-state index in [1.165, 1.54) is 24.8 Å². The lowest BCUT2D eigenvalue weighted by molar-refractivity contribution is 0.119. The number of benzene rings is 1. The maximum atomic E-state index is 6.03. The first-order valence-electron chi connectivity index (χ1n) is 7.07. The van der Waals surface area contributed by atoms with Crippen LogP contribution in [0.4, 0.5) is 0 Å². The summed E-state index contributed by atoms with van der Waals surface area (Å²) >= 11 is 0. The molecule has 1 N–H and O–H groups in total. The predicted octanol–water partition coefficient (Wildman–Crippen LogP) is 2.01. The standard InChI is InChI=1S/C15H21N3O/c1-18-10-9-16-15(18)17-11-12-5-2-3-8-14(12)19-13-6-4-7-13/h2-3,5,8,13H,4,6-7,9-11H2,1H3,(H,16,17). The Morgan fingerprint density at radius 2 is 2.21 bits per heavy atom. The second-order valence-electron chi connectivity index (χ2n) is 5.26. The molecule has 0 aromatic heterocycles. The fourth-order valence-corrected chi connectivity index (χ4v) is 2.33. The van der Waals surface area contributed by atoms with Gasteiger partial charge in [-0.3, -0.25) is 4.99 Å². The Bertz CT molecular complexity index is 468. The fourth-order valence-electron chi connectivity index (χ4n) is 2.33. The Balaban J connectivity index is 1.63. The van der Waals surface area contributed by atoms with Crippen molar-refractivity contribution in [2.45, 2.75) is 31.9 Å². The van der Waals surface area contributed by atoms with Crippen molar-refractivity contribution < 1.29 is 4.74 Å². The van der Waals surface area contributed by atoms with Crippen LogP contribution in [-0.2, 0) is 6.54 Å². The highest BCUT2D eigenvalue weighted by Crippen LogP contribution is 2.27. The molecule has 0 unspecified atom stereocenters. The van der Waals surface area contributed by atoms with Crippen LogP contribution in [0.3, 0.4) is 0 Å². The highest BCUT2D eigenvalue weighted by molar-refractivity contribution is 5.81. The number of nitrogens with one attached hydrogen (secondary N) is 1. The molecule has 0 saturated heterocycles. The van der Waals surface area contributed by atoms with Crippen LogP contribution in [0.2, 0.25) is 0 Å². The van der Waals surface area contributed by atoms with Crippen LogP contribution < -0.4 is 10.1 Å². The van der Waals surface area contributed by atoms with E-state index >= 15 is 0 Å². The predicted molar refractivity (Wildman–Crippen MR) is 76.5 cm³/mol. The Kier molecular flexibility index (Phi) is 3.58. The van der Waals surface area contributed by atoms with E-state index in [4.69, 9.17) is 4.74 Å². The van der Waals surface area contributed by atoms with Gasteiger partial charge in [-0.25, -0.2) is 0 Å². The van der Waals surface area contributed by atoms with Crippen LogP contribution in [0.25, 0.3) is 0 Å². The van der Waals surface area contributed by atoms with Gasteiger partial charge in [0, 0.05) is 25.7 Å². The van der Waals surface area contributed by atoms with Crippen molar-refractivity contribution in [1.29, 1.82) is 0 Å². The average Bonchev–Trinajstić information content (AvgIpc) is 2.78. The first kappa shape index (κ1) is 12.3. The van der Waals surface area contributed by atoms with Crippen molar-refractivity contribution >= 4 is 5.96 Å². The number of para-hydroxylation sites is 1. The molecular weight excluding hydrogens is 238 g/mol. The molecule has 2 aliphatic rings. The van der Waals surface area contributed by atoms with Crippen molar-refractivity contribution in [2.24, 2.45) is 4.99 Å². The second-order valence-corrected chi connectivity index (χ2v) is 5.26. The molecule has 102 valence electrons. The zero-order valence-electron chi connectivity index (χ0n) is 11.4. The van der Waals surface area contributed by atoms with Gasteiger partial charge in [0.25, 0.3) is 0 Å². The van der Waals surface area contributed by atoms with Crippen molar-refractivity contribution in [3.63, 3.8) is 0 Å². The van der Waals surface area contributed by atoms with Crippen LogP contribution in [0.15, 0.2) is 29.3 Å². The monoisotopic (exact) mass is 259 g/mol. The quantitative estimate of drug-likeness (QED) is 0.898. The lowest BCUT2D eigenvalue weighted by atomic mass is 9.96. The molecule has 0 bridgehead atoms. The molecular formula is C15H21N3O. The van der Waals surface area contributed by atoms with E-state index in [0.717, 1.165) is 31.3 Å². The third-order valence-corrected chi connectivity index (χ3v) is 3.81. The van der Waals surface area contributed by atoms with Crippen molar-refractivity contribution in [1.82, 2.24) is 10.2 Å². The van der Waals surface area contributed by atoms with Gasteiger partial charge in [0.05, 0.1) is 12.6 Å². The Labute approximate surface area is 114 Å². The molecule has 1 aromatic rings. The van der Waals surface area contributed by atoms with E-state index in [1.54, 1.807) is 0 Å². The van der Waals surface area contributed by atoms with Gasteiger partial charge in [-0.2, -0.15) is 0 Å². The van der Waals surface area contributed by atoms with Gasteiger partial charge in [0.1, 0.15) is 5.75 Å². The van der Waals surface area contributed by atoms with Crippen LogP contribution in [0.5, 0.6) is 5.75 Å². The second kappa shape index (κ2) is 5.51. The van der Waals surface area contributed by atoms with Gasteiger partial charge in [-0.15, -0.1) is 0 Å². The van der Waals surface area contributed by atoms with Gasteiger partial charge in [-0.1, -0.05) is 18.2 Å². The highest BCUT2D eigenvalue weighted by atomic mass is 16.5. The fraction of sp³-hybridized carbons (Fsp3) is 0.533. The number of rotatable bonds is 4. The minimum absolute atomic E-state index is 0.424. The number of ether oxygens (including phenoxy) is 1. The first-order valence-corrected chi connectivity index (χ1v) is 7.07. The first-order chi connectivity index (χ1) is 9.33. The zero-order valence-corrected chi connectivity index (χ0v) is 11.4. The van der Waals surface area contributed by atoms with Gasteiger partial charge < -0.3 is 15.0 Å². The SMILES string of the molecule is CN1CCN=C1NCc1ccccc1OC1CCC1. The maximum absolute atomic E-state index is 6.03. The summed E-state index contributed by atoms with van der Waals surface area (Å²) in [7, 11) is 2.07. The summed E-state index contributed by atoms with van der Waals surface area (Å²) in [5.41, 5.74) is 1.21. The van der Waals surface area contributed by atoms with Crippen molar-refractivity contribution in [3.8, 4) is 5.75 Å². The van der Waals surface area contributed by atoms with Crippen molar-refractivity contribution in [3.05, 3.63) is 29.8 Å². The van der Waals surface area contributed by atoms with Gasteiger partial charge in [0.2, 0.25) is 0 Å². The molecule has 0 radical (unpaired) electrons. The lowest BCUT2D eigenvalue weighted by Gasteiger charge is -2.27. The van der Waals surface area contributed by atoms with E-state index < -0.39 is 0 Å². The smallest absolute Gasteiger partial charge is 0.194 e. The molecule has 0 atom stereocenters. The van der Waals surface area contributed by atoms with E-state index in [9.17, 15) is 0 Å². The summed E-state index contributed by atoms with van der Waals surface area (Å²) in [6, 6.07) is 8.29. The molecule has 1 heterocycles. The van der Waals surface area contributed by atoms with Crippen molar-refractivity contribution in [2.75, 3.05) is 20.1 Å². The molecule has 0 spiro atoms. The average molecular weight is 259 g/mol. The molecule has 1 aliphatic heterocycles. The Morgan fingerprint density at radius 1 is 1.37 bits per heavy atom. The van der Waals surface area contributed by atoms with Gasteiger partial charge in [-0.05, 0) is 25.3 Å². The third-order valence-electron chi connectivity index (χ3n) is 3.81. The minimum atomic E-state index is 0.424. The van der Waals surface area contributed by atoms with Crippen LogP contribution >= 0.6 is 0 Å². The molecule has 1 fully saturated rings. The maximum Gasteiger partial charge on any atom is 0.194 e. The van der Waals surface area contributed by atoms with Crippen LogP contribution in [0, 0.1) is 0 Å². The molecule has 3 rings (SSSR count). The molecule has 1 saturated carbocycles. The molecule has 1 aromatic carbocycles. The topological polar surface area (TPSA) is 36.9 Å². The number of hydrogen-bond donors (Lipinski definition) is 1. The molecule has 4 nitrogen and oxygen atoms in total. The number of nitrogens with zero attached hydrogens (tertiary/aromatic N) is 2. The Hall–Kier alpha value is -1.71. The van der Waals surface area contributed by atoms with E-state index in [-0.39, 0.29) is 0 Å². The van der Waals surface area contributed by atoms with E-state index in [1.807, 2.05) is 6.07 Å². The summed E-state index contributed by atoms with van der Waals surface area (Å²) in [5, 5.41) is 3.39. The van der Waals surface area contributed by atoms with Crippen LogP contribution in [0.1, 0.15) is 24.8 Å².